The van der Waals surface area contributed by atoms with Gasteiger partial charge in [0, 0.05) is 24.5 Å². The number of carbonyl (C=O) groups is 1. The molecule has 23 heavy (non-hydrogen) atoms. The van der Waals surface area contributed by atoms with Crippen LogP contribution in [0, 0.1) is 0 Å². The maximum absolute atomic E-state index is 12.5. The molecular weight excluding hydrogens is 312 g/mol. The van der Waals surface area contributed by atoms with E-state index in [4.69, 9.17) is 9.47 Å². The highest BCUT2D eigenvalue weighted by Gasteiger charge is 2.47. The largest absolute Gasteiger partial charge is 0.486 e. The van der Waals surface area contributed by atoms with Gasteiger partial charge in [0.1, 0.15) is 11.9 Å². The van der Waals surface area contributed by atoms with Crippen LogP contribution in [0.25, 0.3) is 0 Å². The second-order valence-electron chi connectivity index (χ2n) is 6.12. The molecule has 4 rings (SSSR count). The molecule has 0 aliphatic carbocycles. The minimum absolute atomic E-state index is 0.0235. The molecule has 120 valence electrons. The van der Waals surface area contributed by atoms with Gasteiger partial charge in [-0.25, -0.2) is 0 Å². The Morgan fingerprint density at radius 1 is 1.48 bits per heavy atom. The number of pyridine rings is 1. The van der Waals surface area contributed by atoms with Crippen molar-refractivity contribution < 1.29 is 14.3 Å². The Kier molecular flexibility index (Phi) is 3.79. The van der Waals surface area contributed by atoms with Crippen molar-refractivity contribution in [2.45, 2.75) is 24.5 Å². The lowest BCUT2D eigenvalue weighted by atomic mass is 9.98. The van der Waals surface area contributed by atoms with Crippen LogP contribution in [0.2, 0.25) is 0 Å². The summed E-state index contributed by atoms with van der Waals surface area (Å²) in [5.41, 5.74) is 0.520. The van der Waals surface area contributed by atoms with E-state index in [-0.39, 0.29) is 17.6 Å². The summed E-state index contributed by atoms with van der Waals surface area (Å²) in [5, 5.41) is 3.83. The maximum Gasteiger partial charge on any atom is 0.254 e. The van der Waals surface area contributed by atoms with E-state index in [1.807, 2.05) is 33.9 Å². The number of thiophene rings is 1. The summed E-state index contributed by atoms with van der Waals surface area (Å²) in [6.45, 7) is 1.96. The van der Waals surface area contributed by atoms with E-state index >= 15 is 0 Å². The average Bonchev–Trinajstić information content (AvgIpc) is 3.31. The molecule has 0 aromatic carbocycles. The van der Waals surface area contributed by atoms with Gasteiger partial charge in [0.2, 0.25) is 0 Å². The Morgan fingerprint density at radius 3 is 3.22 bits per heavy atom. The molecule has 1 spiro atoms. The number of aromatic nitrogens is 1. The van der Waals surface area contributed by atoms with Crippen LogP contribution >= 0.6 is 11.3 Å². The highest BCUT2D eigenvalue weighted by atomic mass is 32.1. The molecule has 2 fully saturated rings. The van der Waals surface area contributed by atoms with Crippen LogP contribution in [0.3, 0.4) is 0 Å². The standard InChI is InChI=1S/C17H18N2O3S/c20-16(13-3-7-23-11-13)19-6-4-17(12-19)8-15(10-21-17)22-14-2-1-5-18-9-14/h1-3,5,7,9,11,15H,4,6,8,10,12H2. The Hall–Kier alpha value is -1.92. The normalized spacial score (nSPS) is 26.8. The Balaban J connectivity index is 1.38. The molecule has 0 N–H and O–H groups in total. The monoisotopic (exact) mass is 330 g/mol. The van der Waals surface area contributed by atoms with Gasteiger partial charge in [-0.15, -0.1) is 0 Å². The van der Waals surface area contributed by atoms with Gasteiger partial charge in [-0.2, -0.15) is 11.3 Å². The fraction of sp³-hybridized carbons (Fsp3) is 0.412. The van der Waals surface area contributed by atoms with Crippen molar-refractivity contribution in [3.8, 4) is 5.75 Å². The number of amides is 1. The van der Waals surface area contributed by atoms with Crippen LogP contribution in [-0.2, 0) is 4.74 Å². The van der Waals surface area contributed by atoms with Crippen LogP contribution in [0.4, 0.5) is 0 Å². The summed E-state index contributed by atoms with van der Waals surface area (Å²) < 4.78 is 12.0. The highest BCUT2D eigenvalue weighted by Crippen LogP contribution is 2.37. The molecule has 4 heterocycles. The number of nitrogens with zero attached hydrogens (tertiary/aromatic N) is 2. The first kappa shape index (κ1) is 14.7. The van der Waals surface area contributed by atoms with Gasteiger partial charge in [0.25, 0.3) is 5.91 Å². The fourth-order valence-corrected chi connectivity index (χ4v) is 3.99. The van der Waals surface area contributed by atoms with Crippen molar-refractivity contribution in [2.24, 2.45) is 0 Å². The molecular formula is C17H18N2O3S. The second kappa shape index (κ2) is 5.94. The van der Waals surface area contributed by atoms with Crippen molar-refractivity contribution in [1.82, 2.24) is 9.88 Å². The maximum atomic E-state index is 12.5. The lowest BCUT2D eigenvalue weighted by Gasteiger charge is -2.23. The van der Waals surface area contributed by atoms with E-state index in [9.17, 15) is 4.79 Å². The van der Waals surface area contributed by atoms with Gasteiger partial charge >= 0.3 is 0 Å². The summed E-state index contributed by atoms with van der Waals surface area (Å²) in [4.78, 5) is 18.4. The number of ether oxygens (including phenoxy) is 2. The molecule has 0 saturated carbocycles. The van der Waals surface area contributed by atoms with Crippen LogP contribution in [0.5, 0.6) is 5.75 Å². The van der Waals surface area contributed by atoms with Crippen LogP contribution in [0.1, 0.15) is 23.2 Å². The summed E-state index contributed by atoms with van der Waals surface area (Å²) in [6, 6.07) is 5.64. The van der Waals surface area contributed by atoms with Crippen molar-refractivity contribution in [3.05, 3.63) is 46.9 Å². The number of likely N-dealkylation sites (tertiary alicyclic amines) is 1. The van der Waals surface area contributed by atoms with Gasteiger partial charge in [-0.3, -0.25) is 9.78 Å². The predicted molar refractivity (Wildman–Crippen MR) is 86.8 cm³/mol. The number of carbonyl (C=O) groups excluding carboxylic acids is 1. The molecule has 2 atom stereocenters. The first-order valence-corrected chi connectivity index (χ1v) is 8.71. The van der Waals surface area contributed by atoms with Crippen molar-refractivity contribution in [3.63, 3.8) is 0 Å². The van der Waals surface area contributed by atoms with Gasteiger partial charge in [-0.1, -0.05) is 0 Å². The average molecular weight is 330 g/mol. The highest BCUT2D eigenvalue weighted by molar-refractivity contribution is 7.08. The number of hydrogen-bond acceptors (Lipinski definition) is 5. The van der Waals surface area contributed by atoms with Crippen molar-refractivity contribution >= 4 is 17.2 Å². The van der Waals surface area contributed by atoms with Crippen molar-refractivity contribution in [2.75, 3.05) is 19.7 Å². The van der Waals surface area contributed by atoms with Gasteiger partial charge < -0.3 is 14.4 Å². The zero-order valence-corrected chi connectivity index (χ0v) is 13.5. The third kappa shape index (κ3) is 2.96. The molecule has 1 amide bonds. The molecule has 2 unspecified atom stereocenters. The SMILES string of the molecule is O=C(c1ccsc1)N1CCC2(CC(Oc3cccnc3)CO2)C1. The van der Waals surface area contributed by atoms with Crippen LogP contribution in [0.15, 0.2) is 41.4 Å². The Labute approximate surface area is 138 Å². The molecule has 2 aliphatic heterocycles. The Morgan fingerprint density at radius 2 is 2.43 bits per heavy atom. The third-order valence-electron chi connectivity index (χ3n) is 4.48. The summed E-state index contributed by atoms with van der Waals surface area (Å²) >= 11 is 1.55. The van der Waals surface area contributed by atoms with Crippen LogP contribution in [-0.4, -0.2) is 47.2 Å². The van der Waals surface area contributed by atoms with Crippen molar-refractivity contribution in [1.29, 1.82) is 0 Å². The third-order valence-corrected chi connectivity index (χ3v) is 5.17. The smallest absolute Gasteiger partial charge is 0.254 e. The lowest BCUT2D eigenvalue weighted by molar-refractivity contribution is 0.00995. The molecule has 5 nitrogen and oxygen atoms in total. The molecule has 2 aromatic heterocycles. The zero-order valence-electron chi connectivity index (χ0n) is 12.7. The van der Waals surface area contributed by atoms with Gasteiger partial charge in [0.05, 0.1) is 30.5 Å². The fourth-order valence-electron chi connectivity index (χ4n) is 3.36. The van der Waals surface area contributed by atoms with E-state index in [1.54, 1.807) is 23.7 Å². The number of hydrogen-bond donors (Lipinski definition) is 0. The zero-order chi connectivity index (χ0) is 15.7. The van der Waals surface area contributed by atoms with Crippen LogP contribution < -0.4 is 4.74 Å². The number of rotatable bonds is 3. The van der Waals surface area contributed by atoms with E-state index in [0.717, 1.165) is 30.7 Å². The van der Waals surface area contributed by atoms with E-state index in [2.05, 4.69) is 4.98 Å². The minimum Gasteiger partial charge on any atom is -0.486 e. The lowest BCUT2D eigenvalue weighted by Crippen LogP contribution is -2.36. The van der Waals surface area contributed by atoms with E-state index < -0.39 is 0 Å². The quantitative estimate of drug-likeness (QED) is 0.868. The molecule has 2 aromatic rings. The molecule has 2 aliphatic rings. The second-order valence-corrected chi connectivity index (χ2v) is 6.90. The Bertz CT molecular complexity index is 676. The predicted octanol–water partition coefficient (Wildman–Crippen LogP) is 2.60. The minimum atomic E-state index is -0.251. The summed E-state index contributed by atoms with van der Waals surface area (Å²) in [5.74, 6) is 0.866. The van der Waals surface area contributed by atoms with E-state index in [1.165, 1.54) is 0 Å². The summed E-state index contributed by atoms with van der Waals surface area (Å²) in [6.07, 6.45) is 5.15. The first-order valence-electron chi connectivity index (χ1n) is 7.76. The van der Waals surface area contributed by atoms with Gasteiger partial charge in [-0.05, 0) is 30.0 Å². The van der Waals surface area contributed by atoms with E-state index in [0.29, 0.717) is 13.2 Å². The topological polar surface area (TPSA) is 51.7 Å². The molecule has 0 radical (unpaired) electrons. The molecule has 6 heteroatoms. The summed E-state index contributed by atoms with van der Waals surface area (Å²) in [7, 11) is 0. The first-order chi connectivity index (χ1) is 11.2. The van der Waals surface area contributed by atoms with Gasteiger partial charge in [0.15, 0.2) is 0 Å². The molecule has 2 saturated heterocycles. The molecule has 0 bridgehead atoms.